The van der Waals surface area contributed by atoms with Crippen molar-refractivity contribution in [2.24, 2.45) is 0 Å². The molecule has 7 nitrogen and oxygen atoms in total. The minimum absolute atomic E-state index is 0.0410. The van der Waals surface area contributed by atoms with E-state index in [1.54, 1.807) is 6.92 Å². The lowest BCUT2D eigenvalue weighted by molar-refractivity contribution is -0.119. The van der Waals surface area contributed by atoms with Gasteiger partial charge in [-0.15, -0.1) is 0 Å². The van der Waals surface area contributed by atoms with Crippen LogP contribution in [-0.4, -0.2) is 33.4 Å². The Morgan fingerprint density at radius 3 is 2.10 bits per heavy atom. The Labute approximate surface area is 184 Å². The maximum absolute atomic E-state index is 12.5. The van der Waals surface area contributed by atoms with Gasteiger partial charge in [-0.2, -0.15) is 0 Å². The van der Waals surface area contributed by atoms with Crippen molar-refractivity contribution in [3.8, 4) is 0 Å². The van der Waals surface area contributed by atoms with Crippen molar-refractivity contribution < 1.29 is 22.7 Å². The second-order valence-corrected chi connectivity index (χ2v) is 9.54. The Bertz CT molecular complexity index is 1020. The minimum Gasteiger partial charge on any atom is -0.452 e. The maximum atomic E-state index is 12.5. The normalized spacial score (nSPS) is 11.6. The predicted octanol–water partition coefficient (Wildman–Crippen LogP) is 4.03. The molecule has 0 saturated heterocycles. The SMILES string of the molecule is CCNS(=O)(=O)c1cccc(C(=O)OCC(=O)Nc2c(C(C)C)cccc2C(C)C)c1. The topological polar surface area (TPSA) is 102 Å². The summed E-state index contributed by atoms with van der Waals surface area (Å²) in [5, 5.41) is 2.88. The monoisotopic (exact) mass is 446 g/mol. The summed E-state index contributed by atoms with van der Waals surface area (Å²) < 4.78 is 31.7. The first-order valence-electron chi connectivity index (χ1n) is 10.3. The molecule has 2 aromatic carbocycles. The van der Waals surface area contributed by atoms with E-state index in [4.69, 9.17) is 4.74 Å². The van der Waals surface area contributed by atoms with Crippen LogP contribution in [0, 0.1) is 0 Å². The van der Waals surface area contributed by atoms with Crippen LogP contribution >= 0.6 is 0 Å². The molecule has 0 bridgehead atoms. The van der Waals surface area contributed by atoms with Crippen molar-refractivity contribution in [3.63, 3.8) is 0 Å². The molecule has 0 aliphatic rings. The second kappa shape index (κ2) is 10.5. The smallest absolute Gasteiger partial charge is 0.338 e. The molecule has 2 aromatic rings. The summed E-state index contributed by atoms with van der Waals surface area (Å²) in [5.74, 6) is -0.819. The molecule has 0 heterocycles. The molecule has 0 spiro atoms. The number of hydrogen-bond donors (Lipinski definition) is 2. The van der Waals surface area contributed by atoms with E-state index in [0.717, 1.165) is 16.8 Å². The Morgan fingerprint density at radius 1 is 0.968 bits per heavy atom. The number of anilines is 1. The lowest BCUT2D eigenvalue weighted by Crippen LogP contribution is -2.24. The van der Waals surface area contributed by atoms with Gasteiger partial charge >= 0.3 is 5.97 Å². The van der Waals surface area contributed by atoms with Gasteiger partial charge in [0.25, 0.3) is 5.91 Å². The molecular formula is C23H30N2O5S. The van der Waals surface area contributed by atoms with Crippen LogP contribution in [0.5, 0.6) is 0 Å². The summed E-state index contributed by atoms with van der Waals surface area (Å²) in [4.78, 5) is 24.8. The standard InChI is InChI=1S/C23H30N2O5S/c1-6-24-31(28,29)18-10-7-9-17(13-18)23(27)30-14-21(26)25-22-19(15(2)3)11-8-12-20(22)16(4)5/h7-13,15-16,24H,6,14H2,1-5H3,(H,25,26). The predicted molar refractivity (Wildman–Crippen MR) is 121 cm³/mol. The van der Waals surface area contributed by atoms with Crippen LogP contribution in [0.3, 0.4) is 0 Å². The van der Waals surface area contributed by atoms with Crippen LogP contribution in [0.4, 0.5) is 5.69 Å². The average molecular weight is 447 g/mol. The molecule has 0 radical (unpaired) electrons. The zero-order valence-corrected chi connectivity index (χ0v) is 19.4. The number of esters is 1. The molecule has 0 saturated carbocycles. The number of nitrogens with one attached hydrogen (secondary N) is 2. The van der Waals surface area contributed by atoms with Gasteiger partial charge in [0.1, 0.15) is 0 Å². The Hall–Kier alpha value is -2.71. The van der Waals surface area contributed by atoms with Crippen molar-refractivity contribution >= 4 is 27.6 Å². The van der Waals surface area contributed by atoms with E-state index in [2.05, 4.69) is 10.0 Å². The van der Waals surface area contributed by atoms with Gasteiger partial charge in [0.15, 0.2) is 6.61 Å². The highest BCUT2D eigenvalue weighted by molar-refractivity contribution is 7.89. The first-order valence-corrected chi connectivity index (χ1v) is 11.7. The minimum atomic E-state index is -3.70. The van der Waals surface area contributed by atoms with Crippen molar-refractivity contribution in [3.05, 3.63) is 59.2 Å². The number of benzene rings is 2. The van der Waals surface area contributed by atoms with Crippen LogP contribution in [0.15, 0.2) is 47.4 Å². The van der Waals surface area contributed by atoms with Gasteiger partial charge in [-0.3, -0.25) is 4.79 Å². The summed E-state index contributed by atoms with van der Waals surface area (Å²) >= 11 is 0. The molecule has 0 aliphatic carbocycles. The van der Waals surface area contributed by atoms with Gasteiger partial charge in [-0.05, 0) is 41.2 Å². The highest BCUT2D eigenvalue weighted by Gasteiger charge is 2.19. The molecular weight excluding hydrogens is 416 g/mol. The molecule has 2 rings (SSSR count). The van der Waals surface area contributed by atoms with Gasteiger partial charge in [0.05, 0.1) is 10.5 Å². The summed E-state index contributed by atoms with van der Waals surface area (Å²) in [6.07, 6.45) is 0. The van der Waals surface area contributed by atoms with E-state index in [1.165, 1.54) is 24.3 Å². The van der Waals surface area contributed by atoms with E-state index in [0.29, 0.717) is 0 Å². The van der Waals surface area contributed by atoms with Crippen molar-refractivity contribution in [2.75, 3.05) is 18.5 Å². The fraction of sp³-hybridized carbons (Fsp3) is 0.391. The fourth-order valence-electron chi connectivity index (χ4n) is 3.15. The molecule has 168 valence electrons. The van der Waals surface area contributed by atoms with Crippen LogP contribution in [0.2, 0.25) is 0 Å². The summed E-state index contributed by atoms with van der Waals surface area (Å²) in [6.45, 7) is 9.59. The molecule has 31 heavy (non-hydrogen) atoms. The quantitative estimate of drug-likeness (QED) is 0.567. The third kappa shape index (κ3) is 6.38. The van der Waals surface area contributed by atoms with E-state index in [-0.39, 0.29) is 28.8 Å². The van der Waals surface area contributed by atoms with Crippen LogP contribution < -0.4 is 10.0 Å². The summed E-state index contributed by atoms with van der Waals surface area (Å²) in [6, 6.07) is 11.4. The van der Waals surface area contributed by atoms with Gasteiger partial charge in [0, 0.05) is 12.2 Å². The first-order chi connectivity index (χ1) is 14.6. The van der Waals surface area contributed by atoms with E-state index in [1.807, 2.05) is 45.9 Å². The summed E-state index contributed by atoms with van der Waals surface area (Å²) in [7, 11) is -3.70. The first kappa shape index (κ1) is 24.6. The average Bonchev–Trinajstić information content (AvgIpc) is 2.71. The molecule has 0 fully saturated rings. The van der Waals surface area contributed by atoms with Gasteiger partial charge in [0.2, 0.25) is 10.0 Å². The molecule has 0 aromatic heterocycles. The van der Waals surface area contributed by atoms with Gasteiger partial charge in [-0.1, -0.05) is 58.9 Å². The van der Waals surface area contributed by atoms with Crippen LogP contribution in [0.25, 0.3) is 0 Å². The maximum Gasteiger partial charge on any atom is 0.338 e. The number of ether oxygens (including phenoxy) is 1. The largest absolute Gasteiger partial charge is 0.452 e. The van der Waals surface area contributed by atoms with Crippen LogP contribution in [-0.2, 0) is 19.6 Å². The molecule has 0 atom stereocenters. The zero-order chi connectivity index (χ0) is 23.2. The number of rotatable bonds is 9. The Morgan fingerprint density at radius 2 is 1.55 bits per heavy atom. The Kier molecular flexibility index (Phi) is 8.36. The fourth-order valence-corrected chi connectivity index (χ4v) is 4.24. The second-order valence-electron chi connectivity index (χ2n) is 7.77. The third-order valence-corrected chi connectivity index (χ3v) is 6.23. The van der Waals surface area contributed by atoms with Crippen molar-refractivity contribution in [1.82, 2.24) is 4.72 Å². The number of para-hydroxylation sites is 1. The molecule has 1 amide bonds. The number of amides is 1. The Balaban J connectivity index is 2.12. The molecule has 0 unspecified atom stereocenters. The lowest BCUT2D eigenvalue weighted by Gasteiger charge is -2.20. The van der Waals surface area contributed by atoms with Crippen LogP contribution in [0.1, 0.15) is 67.9 Å². The third-order valence-electron chi connectivity index (χ3n) is 4.69. The molecule has 8 heteroatoms. The molecule has 0 aliphatic heterocycles. The van der Waals surface area contributed by atoms with Crippen molar-refractivity contribution in [2.45, 2.75) is 51.3 Å². The number of carbonyl (C=O) groups is 2. The van der Waals surface area contributed by atoms with E-state index >= 15 is 0 Å². The summed E-state index contributed by atoms with van der Waals surface area (Å²) in [5.41, 5.74) is 2.81. The zero-order valence-electron chi connectivity index (χ0n) is 18.6. The van der Waals surface area contributed by atoms with Gasteiger partial charge in [-0.25, -0.2) is 17.9 Å². The van der Waals surface area contributed by atoms with Crippen molar-refractivity contribution in [1.29, 1.82) is 0 Å². The highest BCUT2D eigenvalue weighted by Crippen LogP contribution is 2.32. The van der Waals surface area contributed by atoms with Gasteiger partial charge < -0.3 is 10.1 Å². The lowest BCUT2D eigenvalue weighted by atomic mass is 9.92. The number of sulfonamides is 1. The number of carbonyl (C=O) groups excluding carboxylic acids is 2. The van der Waals surface area contributed by atoms with E-state index in [9.17, 15) is 18.0 Å². The highest BCUT2D eigenvalue weighted by atomic mass is 32.2. The number of hydrogen-bond acceptors (Lipinski definition) is 5. The molecule has 2 N–H and O–H groups in total. The van der Waals surface area contributed by atoms with E-state index < -0.39 is 28.5 Å².